The van der Waals surface area contributed by atoms with Gasteiger partial charge in [-0.3, -0.25) is 19.2 Å². The number of hydrogen-bond acceptors (Lipinski definition) is 5. The first-order valence-electron chi connectivity index (χ1n) is 20.4. The molecule has 0 aromatic carbocycles. The Kier molecular flexibility index (Phi) is 9.87. The van der Waals surface area contributed by atoms with E-state index < -0.39 is 17.4 Å². The summed E-state index contributed by atoms with van der Waals surface area (Å²) >= 11 is 0. The Balaban J connectivity index is 1.27. The molecule has 0 saturated heterocycles. The second-order valence-electron chi connectivity index (χ2n) is 20.2. The monoisotopic (exact) mass is 705 g/mol. The van der Waals surface area contributed by atoms with Crippen molar-refractivity contribution < 1.29 is 29.0 Å². The quantitative estimate of drug-likeness (QED) is 0.192. The van der Waals surface area contributed by atoms with E-state index in [-0.39, 0.29) is 63.2 Å². The van der Waals surface area contributed by atoms with E-state index in [1.807, 2.05) is 0 Å². The number of Topliss-reactive ketones (excluding diaryl/α,β-unsaturated/α-hetero) is 1. The predicted octanol–water partition coefficient (Wildman–Crippen LogP) is 9.38. The number of carbonyl (C=O) groups is 4. The van der Waals surface area contributed by atoms with Crippen LogP contribution in [0.5, 0.6) is 0 Å². The van der Waals surface area contributed by atoms with Crippen molar-refractivity contribution in [3.63, 3.8) is 0 Å². The minimum absolute atomic E-state index is 0.00850. The number of amides is 1. The fraction of sp³-hybridized carbons (Fsp3) is 0.818. The fourth-order valence-electron chi connectivity index (χ4n) is 13.4. The molecule has 6 aliphatic rings. The third-order valence-corrected chi connectivity index (χ3v) is 16.4. The standard InChI is InChI=1S/C44H67NO6/c1-27(2)36-30(46)25-44(22-19-34(47)45-28-13-11-10-12-14-28)24-23-42(8)29(37(36)44)15-16-32-41(7)20-18-33(51-35(48)26-39(3,4)38(49)50)40(5,6)31(41)17-21-43(32,42)9/h19,22,27-29,31-33H,10-18,20-21,23-26H2,1-9H3,(H,45,47)(H,49,50)/b22-19+/t29-,31+,32-,33+,41+,42-,43-,44+/m1/s1. The number of carboxylic acid groups (broad SMARTS) is 1. The maximum absolute atomic E-state index is 14.0. The Hall–Kier alpha value is -2.44. The Labute approximate surface area is 307 Å². The summed E-state index contributed by atoms with van der Waals surface area (Å²) in [5.74, 6) is 0.233. The highest BCUT2D eigenvalue weighted by molar-refractivity contribution is 6.01. The minimum atomic E-state index is -1.16. The van der Waals surface area contributed by atoms with Crippen molar-refractivity contribution in [3.8, 4) is 0 Å². The van der Waals surface area contributed by atoms with E-state index in [0.29, 0.717) is 24.2 Å². The highest BCUT2D eigenvalue weighted by atomic mass is 16.5. The van der Waals surface area contributed by atoms with Gasteiger partial charge in [-0.2, -0.15) is 0 Å². The molecule has 8 atom stereocenters. The number of allylic oxidation sites excluding steroid dienone is 3. The van der Waals surface area contributed by atoms with Crippen LogP contribution in [0.2, 0.25) is 0 Å². The zero-order valence-corrected chi connectivity index (χ0v) is 33.2. The van der Waals surface area contributed by atoms with Crippen LogP contribution in [0.25, 0.3) is 0 Å². The normalized spacial score (nSPS) is 39.6. The molecule has 5 fully saturated rings. The molecule has 0 unspecified atom stereocenters. The van der Waals surface area contributed by atoms with E-state index in [1.165, 1.54) is 24.8 Å². The lowest BCUT2D eigenvalue weighted by Crippen LogP contribution is -2.65. The molecule has 0 radical (unpaired) electrons. The van der Waals surface area contributed by atoms with Crippen molar-refractivity contribution in [1.29, 1.82) is 0 Å². The molecule has 7 heteroatoms. The fourth-order valence-corrected chi connectivity index (χ4v) is 13.4. The van der Waals surface area contributed by atoms with Crippen molar-refractivity contribution >= 4 is 23.6 Å². The van der Waals surface area contributed by atoms with Crippen molar-refractivity contribution in [2.24, 2.45) is 56.2 Å². The topological polar surface area (TPSA) is 110 Å². The zero-order chi connectivity index (χ0) is 37.4. The molecule has 6 aliphatic carbocycles. The SMILES string of the molecule is CC(C)C1=C2[C@H]3CC[C@@H]4[C@@]5(C)CC[C@H](OC(=O)CC(C)(C)C(=O)O)C(C)(C)[C@@H]5CC[C@@]4(C)[C@]3(C)CC[C@@]2(/C=C/C(=O)NC2CCCCC2)CC1=O. The van der Waals surface area contributed by atoms with Gasteiger partial charge in [0.25, 0.3) is 0 Å². The Morgan fingerprint density at radius 3 is 2.22 bits per heavy atom. The van der Waals surface area contributed by atoms with Crippen molar-refractivity contribution in [1.82, 2.24) is 5.32 Å². The van der Waals surface area contributed by atoms with Crippen LogP contribution in [-0.4, -0.2) is 40.9 Å². The zero-order valence-electron chi connectivity index (χ0n) is 33.2. The number of carboxylic acids is 1. The van der Waals surface area contributed by atoms with E-state index in [4.69, 9.17) is 4.74 Å². The van der Waals surface area contributed by atoms with Gasteiger partial charge >= 0.3 is 11.9 Å². The summed E-state index contributed by atoms with van der Waals surface area (Å²) in [6.07, 6.45) is 17.9. The van der Waals surface area contributed by atoms with Crippen LogP contribution in [0, 0.1) is 56.2 Å². The second-order valence-corrected chi connectivity index (χ2v) is 20.2. The lowest BCUT2D eigenvalue weighted by atomic mass is 9.33. The Bertz CT molecular complexity index is 1500. The van der Waals surface area contributed by atoms with Crippen molar-refractivity contribution in [2.75, 3.05) is 0 Å². The minimum Gasteiger partial charge on any atom is -0.481 e. The van der Waals surface area contributed by atoms with Crippen LogP contribution >= 0.6 is 0 Å². The molecule has 2 N–H and O–H groups in total. The smallest absolute Gasteiger partial charge is 0.309 e. The van der Waals surface area contributed by atoms with E-state index >= 15 is 0 Å². The third-order valence-electron chi connectivity index (χ3n) is 16.4. The molecule has 51 heavy (non-hydrogen) atoms. The predicted molar refractivity (Wildman–Crippen MR) is 199 cm³/mol. The molecule has 5 saturated carbocycles. The molecule has 1 amide bonds. The number of carbonyl (C=O) groups excluding carboxylic acids is 3. The number of nitrogens with one attached hydrogen (secondary N) is 1. The van der Waals surface area contributed by atoms with Crippen LogP contribution in [0.1, 0.15) is 159 Å². The molecular weight excluding hydrogens is 638 g/mol. The number of hydrogen-bond donors (Lipinski definition) is 2. The summed E-state index contributed by atoms with van der Waals surface area (Å²) in [7, 11) is 0. The molecule has 0 heterocycles. The first-order chi connectivity index (χ1) is 23.7. The summed E-state index contributed by atoms with van der Waals surface area (Å²) in [6.45, 7) is 19.7. The Morgan fingerprint density at radius 1 is 0.882 bits per heavy atom. The van der Waals surface area contributed by atoms with Gasteiger partial charge in [0.05, 0.1) is 11.8 Å². The summed E-state index contributed by atoms with van der Waals surface area (Å²) in [5, 5.41) is 12.9. The first kappa shape index (κ1) is 38.3. The van der Waals surface area contributed by atoms with Gasteiger partial charge in [0, 0.05) is 23.3 Å². The lowest BCUT2D eigenvalue weighted by Gasteiger charge is -2.72. The lowest BCUT2D eigenvalue weighted by molar-refractivity contribution is -0.232. The van der Waals surface area contributed by atoms with Crippen LogP contribution in [0.3, 0.4) is 0 Å². The number of aliphatic carboxylic acids is 1. The van der Waals surface area contributed by atoms with E-state index in [1.54, 1.807) is 19.9 Å². The van der Waals surface area contributed by atoms with E-state index in [9.17, 15) is 24.3 Å². The number of rotatable bonds is 8. The van der Waals surface area contributed by atoms with Crippen LogP contribution in [-0.2, 0) is 23.9 Å². The van der Waals surface area contributed by atoms with Gasteiger partial charge in [0.1, 0.15) is 6.10 Å². The maximum Gasteiger partial charge on any atom is 0.309 e. The van der Waals surface area contributed by atoms with Crippen LogP contribution in [0.4, 0.5) is 0 Å². The molecule has 0 aliphatic heterocycles. The average molecular weight is 706 g/mol. The Morgan fingerprint density at radius 2 is 1.57 bits per heavy atom. The van der Waals surface area contributed by atoms with Crippen LogP contribution in [0.15, 0.2) is 23.3 Å². The summed E-state index contributed by atoms with van der Waals surface area (Å²) in [6, 6.07) is 0.261. The number of fused-ring (bicyclic) bond motifs is 7. The average Bonchev–Trinajstić information content (AvgIpc) is 3.34. The first-order valence-corrected chi connectivity index (χ1v) is 20.4. The van der Waals surface area contributed by atoms with Crippen molar-refractivity contribution in [2.45, 2.75) is 171 Å². The van der Waals surface area contributed by atoms with Gasteiger partial charge in [0.2, 0.25) is 5.91 Å². The highest BCUT2D eigenvalue weighted by Crippen LogP contribution is 2.77. The molecule has 0 aromatic heterocycles. The largest absolute Gasteiger partial charge is 0.481 e. The second kappa shape index (κ2) is 13.1. The van der Waals surface area contributed by atoms with Gasteiger partial charge in [-0.1, -0.05) is 73.8 Å². The molecule has 284 valence electrons. The van der Waals surface area contributed by atoms with Gasteiger partial charge in [-0.05, 0) is 135 Å². The summed E-state index contributed by atoms with van der Waals surface area (Å²) in [4.78, 5) is 52.0. The van der Waals surface area contributed by atoms with Crippen molar-refractivity contribution in [3.05, 3.63) is 23.3 Å². The van der Waals surface area contributed by atoms with Gasteiger partial charge in [0.15, 0.2) is 5.78 Å². The van der Waals surface area contributed by atoms with Gasteiger partial charge in [-0.25, -0.2) is 0 Å². The molecule has 7 nitrogen and oxygen atoms in total. The third kappa shape index (κ3) is 6.16. The molecular formula is C44H67NO6. The summed E-state index contributed by atoms with van der Waals surface area (Å²) < 4.78 is 6.16. The maximum atomic E-state index is 14.0. The number of ketones is 1. The van der Waals surface area contributed by atoms with Gasteiger partial charge in [-0.15, -0.1) is 0 Å². The number of ether oxygens (including phenoxy) is 1. The van der Waals surface area contributed by atoms with E-state index in [2.05, 4.69) is 59.9 Å². The highest BCUT2D eigenvalue weighted by Gasteiger charge is 2.70. The molecule has 0 bridgehead atoms. The molecule has 0 aromatic rings. The van der Waals surface area contributed by atoms with Crippen LogP contribution < -0.4 is 5.32 Å². The van der Waals surface area contributed by atoms with Gasteiger partial charge < -0.3 is 15.2 Å². The molecule has 6 rings (SSSR count). The summed E-state index contributed by atoms with van der Waals surface area (Å²) in [5.41, 5.74) is 0.849. The van der Waals surface area contributed by atoms with E-state index in [0.717, 1.165) is 69.8 Å². The molecule has 0 spiro atoms. The number of esters is 1.